The van der Waals surface area contributed by atoms with Gasteiger partial charge in [-0.1, -0.05) is 28.1 Å². The fourth-order valence-electron chi connectivity index (χ4n) is 2.32. The lowest BCUT2D eigenvalue weighted by molar-refractivity contribution is 0.354. The third-order valence-corrected chi connectivity index (χ3v) is 4.31. The fourth-order valence-corrected chi connectivity index (χ4v) is 3.21. The van der Waals surface area contributed by atoms with Crippen LogP contribution in [0.5, 0.6) is 11.5 Å². The monoisotopic (exact) mass is 368 g/mol. The molecule has 0 aromatic heterocycles. The Balaban J connectivity index is 2.21. The zero-order valence-corrected chi connectivity index (χ0v) is 14.7. The van der Waals surface area contributed by atoms with E-state index < -0.39 is 0 Å². The van der Waals surface area contributed by atoms with Crippen molar-refractivity contribution in [2.45, 2.75) is 18.7 Å². The molecule has 21 heavy (non-hydrogen) atoms. The van der Waals surface area contributed by atoms with Crippen LogP contribution in [0.25, 0.3) is 0 Å². The van der Waals surface area contributed by atoms with E-state index in [1.54, 1.807) is 14.2 Å². The van der Waals surface area contributed by atoms with Crippen LogP contribution >= 0.6 is 27.5 Å². The zero-order valence-electron chi connectivity index (χ0n) is 12.3. The average Bonchev–Trinajstić information content (AvgIpc) is 2.46. The lowest BCUT2D eigenvalue weighted by atomic mass is 10.00. The topological polar surface area (TPSA) is 18.5 Å². The van der Waals surface area contributed by atoms with Crippen LogP contribution in [0.15, 0.2) is 40.9 Å². The average molecular weight is 370 g/mol. The smallest absolute Gasteiger partial charge is 0.160 e. The van der Waals surface area contributed by atoms with Gasteiger partial charge in [-0.05, 0) is 54.3 Å². The first-order valence-electron chi connectivity index (χ1n) is 6.66. The quantitative estimate of drug-likeness (QED) is 0.666. The van der Waals surface area contributed by atoms with Crippen LogP contribution in [0.2, 0.25) is 0 Å². The Bertz CT molecular complexity index is 628. The first kappa shape index (κ1) is 16.2. The fraction of sp³-hybridized carbons (Fsp3) is 0.294. The summed E-state index contributed by atoms with van der Waals surface area (Å²) in [7, 11) is 3.27. The van der Waals surface area contributed by atoms with E-state index in [1.165, 1.54) is 5.56 Å². The Labute approximate surface area is 139 Å². The van der Waals surface area contributed by atoms with Gasteiger partial charge >= 0.3 is 0 Å². The normalized spacial score (nSPS) is 12.0. The standard InChI is InChI=1S/C17H18BrClO2/c1-11-8-13(18)5-6-14(11)15(19)9-12-4-7-16(20-2)17(10-12)21-3/h4-8,10,15H,9H2,1-3H3. The van der Waals surface area contributed by atoms with Gasteiger partial charge in [-0.15, -0.1) is 11.6 Å². The number of alkyl halides is 1. The van der Waals surface area contributed by atoms with Gasteiger partial charge in [0, 0.05) is 4.47 Å². The molecule has 0 saturated heterocycles. The van der Waals surface area contributed by atoms with Crippen LogP contribution in [0.1, 0.15) is 22.1 Å². The first-order valence-corrected chi connectivity index (χ1v) is 7.89. The number of halogens is 2. The Morgan fingerprint density at radius 2 is 1.76 bits per heavy atom. The van der Waals surface area contributed by atoms with Crippen molar-refractivity contribution in [1.82, 2.24) is 0 Å². The minimum absolute atomic E-state index is 0.0730. The van der Waals surface area contributed by atoms with Gasteiger partial charge in [0.2, 0.25) is 0 Å². The second-order valence-electron chi connectivity index (χ2n) is 4.86. The molecule has 4 heteroatoms. The van der Waals surface area contributed by atoms with Crippen LogP contribution in [-0.4, -0.2) is 14.2 Å². The Morgan fingerprint density at radius 1 is 1.05 bits per heavy atom. The Hall–Kier alpha value is -1.19. The highest BCUT2D eigenvalue weighted by atomic mass is 79.9. The molecule has 2 nitrogen and oxygen atoms in total. The van der Waals surface area contributed by atoms with E-state index >= 15 is 0 Å². The van der Waals surface area contributed by atoms with E-state index in [-0.39, 0.29) is 5.38 Å². The molecular weight excluding hydrogens is 352 g/mol. The maximum Gasteiger partial charge on any atom is 0.160 e. The van der Waals surface area contributed by atoms with Crippen LogP contribution < -0.4 is 9.47 Å². The molecule has 1 atom stereocenters. The molecule has 0 amide bonds. The maximum atomic E-state index is 6.58. The highest BCUT2D eigenvalue weighted by molar-refractivity contribution is 9.10. The molecule has 2 aromatic rings. The largest absolute Gasteiger partial charge is 0.493 e. The molecule has 2 rings (SSSR count). The van der Waals surface area contributed by atoms with Crippen molar-refractivity contribution in [1.29, 1.82) is 0 Å². The SMILES string of the molecule is COc1ccc(CC(Cl)c2ccc(Br)cc2C)cc1OC. The van der Waals surface area contributed by atoms with Gasteiger partial charge in [-0.3, -0.25) is 0 Å². The number of benzene rings is 2. The van der Waals surface area contributed by atoms with E-state index in [1.807, 2.05) is 24.3 Å². The molecule has 0 spiro atoms. The van der Waals surface area contributed by atoms with Gasteiger partial charge in [-0.25, -0.2) is 0 Å². The highest BCUT2D eigenvalue weighted by Crippen LogP contribution is 2.33. The molecule has 0 aliphatic rings. The number of hydrogen-bond acceptors (Lipinski definition) is 2. The molecule has 0 radical (unpaired) electrons. The molecule has 0 aliphatic carbocycles. The van der Waals surface area contributed by atoms with Gasteiger partial charge in [0.05, 0.1) is 19.6 Å². The summed E-state index contributed by atoms with van der Waals surface area (Å²) in [6.07, 6.45) is 0.740. The number of hydrogen-bond donors (Lipinski definition) is 0. The van der Waals surface area contributed by atoms with Crippen molar-refractivity contribution < 1.29 is 9.47 Å². The molecule has 0 saturated carbocycles. The summed E-state index contributed by atoms with van der Waals surface area (Å²) in [6, 6.07) is 12.1. The van der Waals surface area contributed by atoms with Gasteiger partial charge in [0.15, 0.2) is 11.5 Å². The van der Waals surface area contributed by atoms with E-state index in [2.05, 4.69) is 35.0 Å². The summed E-state index contributed by atoms with van der Waals surface area (Å²) in [6.45, 7) is 2.07. The molecule has 1 unspecified atom stereocenters. The molecule has 112 valence electrons. The van der Waals surface area contributed by atoms with E-state index in [4.69, 9.17) is 21.1 Å². The summed E-state index contributed by atoms with van der Waals surface area (Å²) in [5.41, 5.74) is 3.45. The Morgan fingerprint density at radius 3 is 2.38 bits per heavy atom. The van der Waals surface area contributed by atoms with Gasteiger partial charge < -0.3 is 9.47 Å². The van der Waals surface area contributed by atoms with Crippen molar-refractivity contribution >= 4 is 27.5 Å². The van der Waals surface area contributed by atoms with Crippen molar-refractivity contribution in [3.63, 3.8) is 0 Å². The maximum absolute atomic E-state index is 6.58. The number of aryl methyl sites for hydroxylation is 1. The molecule has 0 N–H and O–H groups in total. The summed E-state index contributed by atoms with van der Waals surface area (Å²) < 4.78 is 11.6. The van der Waals surface area contributed by atoms with Crippen LogP contribution in [0.3, 0.4) is 0 Å². The van der Waals surface area contributed by atoms with E-state index in [0.717, 1.165) is 33.5 Å². The second-order valence-corrected chi connectivity index (χ2v) is 6.30. The third kappa shape index (κ3) is 3.92. The van der Waals surface area contributed by atoms with Crippen LogP contribution in [0, 0.1) is 6.92 Å². The number of ether oxygens (including phenoxy) is 2. The predicted molar refractivity (Wildman–Crippen MR) is 90.7 cm³/mol. The predicted octanol–water partition coefficient (Wildman–Crippen LogP) is 5.30. The van der Waals surface area contributed by atoms with Gasteiger partial charge in [0.25, 0.3) is 0 Å². The summed E-state index contributed by atoms with van der Waals surface area (Å²) in [5, 5.41) is -0.0730. The van der Waals surface area contributed by atoms with Crippen molar-refractivity contribution in [3.8, 4) is 11.5 Å². The molecule has 0 bridgehead atoms. The van der Waals surface area contributed by atoms with Crippen molar-refractivity contribution in [3.05, 3.63) is 57.6 Å². The van der Waals surface area contributed by atoms with Crippen molar-refractivity contribution in [2.24, 2.45) is 0 Å². The second kappa shape index (κ2) is 7.19. The van der Waals surface area contributed by atoms with E-state index in [9.17, 15) is 0 Å². The van der Waals surface area contributed by atoms with E-state index in [0.29, 0.717) is 0 Å². The minimum atomic E-state index is -0.0730. The first-order chi connectivity index (χ1) is 10.0. The lowest BCUT2D eigenvalue weighted by Crippen LogP contribution is -1.99. The summed E-state index contributed by atoms with van der Waals surface area (Å²) >= 11 is 10.1. The lowest BCUT2D eigenvalue weighted by Gasteiger charge is -2.15. The Kier molecular flexibility index (Phi) is 5.54. The number of rotatable bonds is 5. The molecular formula is C17H18BrClO2. The molecule has 2 aromatic carbocycles. The zero-order chi connectivity index (χ0) is 15.4. The highest BCUT2D eigenvalue weighted by Gasteiger charge is 2.13. The third-order valence-electron chi connectivity index (χ3n) is 3.43. The van der Waals surface area contributed by atoms with Crippen LogP contribution in [-0.2, 0) is 6.42 Å². The minimum Gasteiger partial charge on any atom is -0.493 e. The van der Waals surface area contributed by atoms with Crippen molar-refractivity contribution in [2.75, 3.05) is 14.2 Å². The van der Waals surface area contributed by atoms with Gasteiger partial charge in [-0.2, -0.15) is 0 Å². The molecule has 0 fully saturated rings. The van der Waals surface area contributed by atoms with Crippen LogP contribution in [0.4, 0.5) is 0 Å². The molecule has 0 aliphatic heterocycles. The summed E-state index contributed by atoms with van der Waals surface area (Å²) in [5.74, 6) is 1.46. The number of methoxy groups -OCH3 is 2. The molecule has 0 heterocycles. The summed E-state index contributed by atoms with van der Waals surface area (Å²) in [4.78, 5) is 0. The van der Waals surface area contributed by atoms with Gasteiger partial charge in [0.1, 0.15) is 0 Å².